The summed E-state index contributed by atoms with van der Waals surface area (Å²) in [5.74, 6) is 0.559. The fourth-order valence-corrected chi connectivity index (χ4v) is 3.69. The molecule has 0 atom stereocenters. The Kier molecular flexibility index (Phi) is 7.35. The number of anilines is 1. The van der Waals surface area contributed by atoms with Crippen LogP contribution in [0.25, 0.3) is 5.82 Å². The summed E-state index contributed by atoms with van der Waals surface area (Å²) in [6.07, 6.45) is 1.47. The van der Waals surface area contributed by atoms with Gasteiger partial charge >= 0.3 is 0 Å². The molecule has 4 rings (SSSR count). The van der Waals surface area contributed by atoms with Gasteiger partial charge in [-0.15, -0.1) is 5.10 Å². The van der Waals surface area contributed by atoms with Crippen LogP contribution in [0.5, 0.6) is 11.5 Å². The number of carbonyl (C=O) groups is 1. The number of hydrogen-bond acceptors (Lipinski definition) is 10. The van der Waals surface area contributed by atoms with Crippen LogP contribution in [0.4, 0.5) is 5.82 Å². The van der Waals surface area contributed by atoms with Crippen LogP contribution in [0.15, 0.2) is 56.7 Å². The molecule has 0 unspecified atom stereocenters. The number of amides is 1. The first-order chi connectivity index (χ1) is 17.0. The molecule has 4 aromatic rings. The summed E-state index contributed by atoms with van der Waals surface area (Å²) in [6, 6.07) is 13.4. The van der Waals surface area contributed by atoms with Gasteiger partial charge in [0.2, 0.25) is 11.6 Å². The highest BCUT2D eigenvalue weighted by Gasteiger charge is 2.22. The van der Waals surface area contributed by atoms with E-state index in [0.29, 0.717) is 40.4 Å². The lowest BCUT2D eigenvalue weighted by Gasteiger charge is -2.14. The zero-order valence-electron chi connectivity index (χ0n) is 18.8. The Morgan fingerprint density at radius 2 is 2.06 bits per heavy atom. The van der Waals surface area contributed by atoms with Gasteiger partial charge in [-0.05, 0) is 63.4 Å². The zero-order valence-corrected chi connectivity index (χ0v) is 20.4. The minimum absolute atomic E-state index is 0.0321. The van der Waals surface area contributed by atoms with Crippen LogP contribution < -0.4 is 20.6 Å². The second kappa shape index (κ2) is 10.8. The number of rotatable bonds is 9. The van der Waals surface area contributed by atoms with Gasteiger partial charge in [-0.2, -0.15) is 9.78 Å². The SMILES string of the molecule is CCOc1cc(/C=N\NC(=O)c2c(C)nnn2-c2nonc2N)cc(Br)c1OCc1ccccc1. The molecule has 13 heteroatoms. The van der Waals surface area contributed by atoms with Crippen LogP contribution in [0.1, 0.15) is 34.2 Å². The minimum atomic E-state index is -0.571. The van der Waals surface area contributed by atoms with Crippen molar-refractivity contribution in [1.82, 2.24) is 30.7 Å². The molecule has 0 fully saturated rings. The number of hydrazone groups is 1. The molecule has 0 aliphatic carbocycles. The molecule has 12 nitrogen and oxygen atoms in total. The van der Waals surface area contributed by atoms with Gasteiger partial charge in [0.1, 0.15) is 6.61 Å². The van der Waals surface area contributed by atoms with E-state index in [4.69, 9.17) is 15.2 Å². The monoisotopic (exact) mass is 540 g/mol. The molecular formula is C22H21BrN8O4. The van der Waals surface area contributed by atoms with Gasteiger partial charge in [0, 0.05) is 0 Å². The van der Waals surface area contributed by atoms with Crippen molar-refractivity contribution < 1.29 is 18.9 Å². The lowest BCUT2D eigenvalue weighted by Crippen LogP contribution is -2.22. The molecular weight excluding hydrogens is 520 g/mol. The van der Waals surface area contributed by atoms with Gasteiger partial charge in [0.15, 0.2) is 17.2 Å². The second-order valence-corrected chi connectivity index (χ2v) is 8.00. The summed E-state index contributed by atoms with van der Waals surface area (Å²) in [4.78, 5) is 12.8. The Bertz CT molecular complexity index is 1350. The summed E-state index contributed by atoms with van der Waals surface area (Å²) in [5, 5.41) is 19.0. The smallest absolute Gasteiger partial charge is 0.292 e. The van der Waals surface area contributed by atoms with Crippen LogP contribution in [0.2, 0.25) is 0 Å². The molecule has 0 radical (unpaired) electrons. The molecule has 35 heavy (non-hydrogen) atoms. The van der Waals surface area contributed by atoms with E-state index >= 15 is 0 Å². The summed E-state index contributed by atoms with van der Waals surface area (Å²) in [5.41, 5.74) is 10.3. The maximum atomic E-state index is 12.8. The normalized spacial score (nSPS) is 11.1. The number of nitrogens with two attached hydrogens (primary N) is 1. The van der Waals surface area contributed by atoms with Crippen molar-refractivity contribution in [2.75, 3.05) is 12.3 Å². The first kappa shape index (κ1) is 23.9. The van der Waals surface area contributed by atoms with Crippen LogP contribution in [0, 0.1) is 6.92 Å². The number of ether oxygens (including phenoxy) is 2. The van der Waals surface area contributed by atoms with Gasteiger partial charge in [-0.1, -0.05) is 35.5 Å². The van der Waals surface area contributed by atoms with Gasteiger partial charge < -0.3 is 15.2 Å². The summed E-state index contributed by atoms with van der Waals surface area (Å²) in [6.45, 7) is 4.33. The lowest BCUT2D eigenvalue weighted by atomic mass is 10.2. The third-order valence-corrected chi connectivity index (χ3v) is 5.28. The predicted octanol–water partition coefficient (Wildman–Crippen LogP) is 3.05. The Balaban J connectivity index is 1.50. The van der Waals surface area contributed by atoms with Gasteiger partial charge in [0.05, 0.1) is 23.0 Å². The van der Waals surface area contributed by atoms with Crippen molar-refractivity contribution >= 4 is 33.9 Å². The number of carbonyl (C=O) groups excluding carboxylic acids is 1. The Labute approximate surface area is 208 Å². The number of hydrogen-bond donors (Lipinski definition) is 2. The first-order valence-corrected chi connectivity index (χ1v) is 11.2. The summed E-state index contributed by atoms with van der Waals surface area (Å²) < 4.78 is 18.1. The Hall–Kier alpha value is -4.26. The Morgan fingerprint density at radius 1 is 1.26 bits per heavy atom. The molecule has 3 N–H and O–H groups in total. The highest BCUT2D eigenvalue weighted by Crippen LogP contribution is 2.37. The first-order valence-electron chi connectivity index (χ1n) is 10.4. The van der Waals surface area contributed by atoms with Crippen molar-refractivity contribution in [2.45, 2.75) is 20.5 Å². The van der Waals surface area contributed by atoms with Gasteiger partial charge in [-0.25, -0.2) is 10.1 Å². The fraction of sp³-hybridized carbons (Fsp3) is 0.182. The number of benzene rings is 2. The van der Waals surface area contributed by atoms with E-state index in [1.54, 1.807) is 19.1 Å². The molecule has 0 saturated heterocycles. The average molecular weight is 541 g/mol. The van der Waals surface area contributed by atoms with Gasteiger partial charge in [0.25, 0.3) is 5.91 Å². The topological polar surface area (TPSA) is 156 Å². The van der Waals surface area contributed by atoms with Crippen LogP contribution in [-0.4, -0.2) is 44.0 Å². The number of aromatic nitrogens is 5. The number of nitrogens with one attached hydrogen (secondary N) is 1. The van der Waals surface area contributed by atoms with Crippen molar-refractivity contribution in [3.05, 3.63) is 69.5 Å². The lowest BCUT2D eigenvalue weighted by molar-refractivity contribution is 0.0946. The summed E-state index contributed by atoms with van der Waals surface area (Å²) in [7, 11) is 0. The molecule has 0 aliphatic rings. The largest absolute Gasteiger partial charge is 0.490 e. The highest BCUT2D eigenvalue weighted by molar-refractivity contribution is 9.10. The molecule has 1 amide bonds. The zero-order chi connectivity index (χ0) is 24.8. The Morgan fingerprint density at radius 3 is 2.77 bits per heavy atom. The third kappa shape index (κ3) is 5.46. The molecule has 180 valence electrons. The van der Waals surface area contributed by atoms with E-state index in [1.807, 2.05) is 37.3 Å². The minimum Gasteiger partial charge on any atom is -0.490 e. The van der Waals surface area contributed by atoms with E-state index in [9.17, 15) is 4.79 Å². The molecule has 2 heterocycles. The standard InChI is InChI=1S/C22H21BrN8O4/c1-3-33-17-10-15(9-16(23)19(17)34-12-14-7-5-4-6-8-14)11-25-27-22(32)18-13(2)26-30-31(18)21-20(24)28-35-29-21/h4-11H,3,12H2,1-2H3,(H2,24,28)(H,27,32)/b25-11-. The number of nitrogens with zero attached hydrogens (tertiary/aromatic N) is 6. The second-order valence-electron chi connectivity index (χ2n) is 7.14. The predicted molar refractivity (Wildman–Crippen MR) is 130 cm³/mol. The van der Waals surface area contributed by atoms with E-state index in [0.717, 1.165) is 10.2 Å². The number of nitrogen functional groups attached to an aromatic ring is 1. The molecule has 2 aromatic heterocycles. The molecule has 0 bridgehead atoms. The van der Waals surface area contributed by atoms with Crippen LogP contribution >= 0.6 is 15.9 Å². The van der Waals surface area contributed by atoms with Crippen molar-refractivity contribution in [3.63, 3.8) is 0 Å². The van der Waals surface area contributed by atoms with Crippen molar-refractivity contribution in [3.8, 4) is 17.3 Å². The van der Waals surface area contributed by atoms with Crippen LogP contribution in [-0.2, 0) is 6.61 Å². The average Bonchev–Trinajstić information content (AvgIpc) is 3.44. The van der Waals surface area contributed by atoms with Crippen molar-refractivity contribution in [2.24, 2.45) is 5.10 Å². The van der Waals surface area contributed by atoms with E-state index < -0.39 is 5.91 Å². The maximum absolute atomic E-state index is 12.8. The number of halogens is 1. The maximum Gasteiger partial charge on any atom is 0.292 e. The third-order valence-electron chi connectivity index (χ3n) is 4.69. The molecule has 0 aliphatic heterocycles. The van der Waals surface area contributed by atoms with Crippen LogP contribution in [0.3, 0.4) is 0 Å². The molecule has 0 saturated carbocycles. The number of aryl methyl sites for hydroxylation is 1. The molecule has 2 aromatic carbocycles. The quantitative estimate of drug-likeness (QED) is 0.240. The fourth-order valence-electron chi connectivity index (χ4n) is 3.12. The van der Waals surface area contributed by atoms with E-state index in [1.165, 1.54) is 6.21 Å². The van der Waals surface area contributed by atoms with Crippen molar-refractivity contribution in [1.29, 1.82) is 0 Å². The highest BCUT2D eigenvalue weighted by atomic mass is 79.9. The van der Waals surface area contributed by atoms with E-state index in [2.05, 4.69) is 51.7 Å². The molecule has 0 spiro atoms. The van der Waals surface area contributed by atoms with Gasteiger partial charge in [-0.3, -0.25) is 4.79 Å². The summed E-state index contributed by atoms with van der Waals surface area (Å²) >= 11 is 3.53. The van der Waals surface area contributed by atoms with E-state index in [-0.39, 0.29) is 17.3 Å².